The van der Waals surface area contributed by atoms with Crippen molar-refractivity contribution in [2.75, 3.05) is 4.90 Å². The molecule has 2 heterocycles. The molecule has 8 rings (SSSR count). The molecule has 5 aromatic rings. The molecule has 1 saturated heterocycles. The van der Waals surface area contributed by atoms with Crippen LogP contribution in [0.15, 0.2) is 103 Å². The number of aromatic nitrogens is 1. The predicted octanol–water partition coefficient (Wildman–Crippen LogP) is 8.10. The van der Waals surface area contributed by atoms with Crippen molar-refractivity contribution < 1.29 is 28.7 Å². The minimum atomic E-state index is -1.08. The molecule has 50 heavy (non-hydrogen) atoms. The van der Waals surface area contributed by atoms with Crippen molar-refractivity contribution in [3.63, 3.8) is 0 Å². The Morgan fingerprint density at radius 1 is 0.860 bits per heavy atom. The number of carbonyl (C=O) groups is 4. The molecule has 8 nitrogen and oxygen atoms in total. The number of anilines is 1. The molecule has 4 aromatic carbocycles. The monoisotopic (exact) mass is 684 g/mol. The number of fused-ring (bicyclic) bond motifs is 6. The second-order valence-electron chi connectivity index (χ2n) is 13.3. The van der Waals surface area contributed by atoms with Crippen LogP contribution in [0.4, 0.5) is 5.69 Å². The van der Waals surface area contributed by atoms with E-state index in [1.165, 1.54) is 11.8 Å². The van der Waals surface area contributed by atoms with Crippen molar-refractivity contribution in [2.24, 2.45) is 23.7 Å². The zero-order valence-electron chi connectivity index (χ0n) is 27.3. The first-order chi connectivity index (χ1) is 24.3. The summed E-state index contributed by atoms with van der Waals surface area (Å²) in [6, 6.07) is 30.3. The lowest BCUT2D eigenvalue weighted by Gasteiger charge is -2.19. The number of carbonyl (C=O) groups excluding carboxylic acids is 4. The summed E-state index contributed by atoms with van der Waals surface area (Å²) in [4.78, 5) is 59.8. The zero-order valence-corrected chi connectivity index (χ0v) is 28.0. The Balaban J connectivity index is 1.00. The number of hydrogen-bond donors (Lipinski definition) is 0. The van der Waals surface area contributed by atoms with E-state index in [9.17, 15) is 19.2 Å². The van der Waals surface area contributed by atoms with Crippen LogP contribution in [0, 0.1) is 23.7 Å². The Hall–Kier alpha value is -5.34. The molecule has 3 aliphatic rings. The summed E-state index contributed by atoms with van der Waals surface area (Å²) in [5.41, 5.74) is 3.65. The van der Waals surface area contributed by atoms with Gasteiger partial charge in [-0.05, 0) is 92.1 Å². The smallest absolute Gasteiger partial charge is 0.339 e. The van der Waals surface area contributed by atoms with Crippen LogP contribution in [-0.4, -0.2) is 34.7 Å². The van der Waals surface area contributed by atoms with Gasteiger partial charge in [0.25, 0.3) is 0 Å². The fourth-order valence-corrected chi connectivity index (χ4v) is 8.16. The second kappa shape index (κ2) is 12.8. The van der Waals surface area contributed by atoms with E-state index in [1.807, 2.05) is 30.3 Å². The first-order valence-electron chi connectivity index (χ1n) is 16.9. The highest BCUT2D eigenvalue weighted by Gasteiger charge is 2.61. The number of benzene rings is 4. The maximum Gasteiger partial charge on any atom is 0.339 e. The van der Waals surface area contributed by atoms with E-state index >= 15 is 0 Å². The third-order valence-corrected chi connectivity index (χ3v) is 10.7. The van der Waals surface area contributed by atoms with Crippen LogP contribution in [0.5, 0.6) is 5.75 Å². The quantitative estimate of drug-likeness (QED) is 0.0878. The lowest BCUT2D eigenvalue weighted by Crippen LogP contribution is -2.32. The summed E-state index contributed by atoms with van der Waals surface area (Å²) in [7, 11) is 0. The topological polar surface area (TPSA) is 103 Å². The molecule has 2 saturated carbocycles. The Bertz CT molecular complexity index is 2120. The molecule has 2 bridgehead atoms. The molecular formula is C41H33ClN2O6. The van der Waals surface area contributed by atoms with Gasteiger partial charge in [0.2, 0.25) is 17.6 Å². The molecule has 1 aromatic heterocycles. The molecule has 3 fully saturated rings. The van der Waals surface area contributed by atoms with Gasteiger partial charge in [0, 0.05) is 16.5 Å². The van der Waals surface area contributed by atoms with E-state index in [0.717, 1.165) is 24.8 Å². The SMILES string of the molecule is CC(OC(=O)c1cc(-c2ccc(N3C(=O)C4C5CCC(C5)C4C3=O)cc2)nc2c(Cl)cccc12)C(=O)c1ccc(OCc2ccccc2)cc1. The van der Waals surface area contributed by atoms with E-state index in [1.54, 1.807) is 72.8 Å². The van der Waals surface area contributed by atoms with Gasteiger partial charge in [-0.15, -0.1) is 0 Å². The minimum absolute atomic E-state index is 0.100. The highest BCUT2D eigenvalue weighted by Crippen LogP contribution is 2.56. The van der Waals surface area contributed by atoms with Gasteiger partial charge in [0.15, 0.2) is 6.10 Å². The minimum Gasteiger partial charge on any atom is -0.489 e. The number of Topliss-reactive ketones (excluding diaryl/α,β-unsaturated/α-hetero) is 1. The van der Waals surface area contributed by atoms with Gasteiger partial charge in [-0.25, -0.2) is 9.78 Å². The Morgan fingerprint density at radius 3 is 2.22 bits per heavy atom. The number of para-hydroxylation sites is 1. The number of halogens is 1. The standard InChI is InChI=1S/C41H33ClN2O6/c1-23(38(45)26-14-18-30(19-15-26)49-22-24-6-3-2-4-7-24)50-41(48)32-21-34(43-37-31(32)8-5-9-33(37)42)25-12-16-29(17-13-25)44-39(46)35-27-10-11-28(20-27)36(35)40(44)47/h2-9,12-19,21,23,27-28,35-36H,10-11,20,22H2,1H3. The third-order valence-electron chi connectivity index (χ3n) is 10.4. The number of pyridine rings is 1. The lowest BCUT2D eigenvalue weighted by molar-refractivity contribution is -0.123. The van der Waals surface area contributed by atoms with Crippen molar-refractivity contribution in [1.82, 2.24) is 4.98 Å². The van der Waals surface area contributed by atoms with Gasteiger partial charge >= 0.3 is 5.97 Å². The van der Waals surface area contributed by atoms with Crippen LogP contribution >= 0.6 is 11.6 Å². The zero-order chi connectivity index (χ0) is 34.5. The largest absolute Gasteiger partial charge is 0.489 e. The van der Waals surface area contributed by atoms with Gasteiger partial charge in [-0.3, -0.25) is 19.3 Å². The van der Waals surface area contributed by atoms with Gasteiger partial charge < -0.3 is 9.47 Å². The molecule has 5 atom stereocenters. The van der Waals surface area contributed by atoms with Gasteiger partial charge in [-0.1, -0.05) is 66.2 Å². The first kappa shape index (κ1) is 31.9. The summed E-state index contributed by atoms with van der Waals surface area (Å²) < 4.78 is 11.6. The summed E-state index contributed by atoms with van der Waals surface area (Å²) in [5.74, 6) is -0.439. The molecule has 9 heteroatoms. The number of ether oxygens (including phenoxy) is 2. The molecule has 2 aliphatic carbocycles. The predicted molar refractivity (Wildman–Crippen MR) is 189 cm³/mol. The van der Waals surface area contributed by atoms with Crippen LogP contribution < -0.4 is 9.64 Å². The van der Waals surface area contributed by atoms with Gasteiger partial charge in [0.05, 0.1) is 39.3 Å². The van der Waals surface area contributed by atoms with Gasteiger partial charge in [0.1, 0.15) is 12.4 Å². The highest BCUT2D eigenvalue weighted by atomic mass is 35.5. The maximum atomic E-state index is 13.7. The van der Waals surface area contributed by atoms with Crippen molar-refractivity contribution in [3.05, 3.63) is 125 Å². The highest BCUT2D eigenvalue weighted by molar-refractivity contribution is 6.35. The molecule has 250 valence electrons. The summed E-state index contributed by atoms with van der Waals surface area (Å²) in [6.07, 6.45) is 1.94. The van der Waals surface area contributed by atoms with Crippen molar-refractivity contribution in [2.45, 2.75) is 38.9 Å². The Labute approximate surface area is 294 Å². The van der Waals surface area contributed by atoms with Crippen LogP contribution in [0.25, 0.3) is 22.2 Å². The number of ketones is 1. The van der Waals surface area contributed by atoms with E-state index in [-0.39, 0.29) is 35.0 Å². The average Bonchev–Trinajstić information content (AvgIpc) is 3.84. The van der Waals surface area contributed by atoms with E-state index in [4.69, 9.17) is 26.1 Å². The summed E-state index contributed by atoms with van der Waals surface area (Å²) in [6.45, 7) is 1.94. The molecule has 0 radical (unpaired) electrons. The third kappa shape index (κ3) is 5.63. The fraction of sp³-hybridized carbons (Fsp3) is 0.244. The Morgan fingerprint density at radius 2 is 1.54 bits per heavy atom. The summed E-state index contributed by atoms with van der Waals surface area (Å²) >= 11 is 6.56. The molecule has 2 amide bonds. The van der Waals surface area contributed by atoms with Gasteiger partial charge in [-0.2, -0.15) is 0 Å². The van der Waals surface area contributed by atoms with E-state index in [2.05, 4.69) is 0 Å². The lowest BCUT2D eigenvalue weighted by atomic mass is 9.81. The van der Waals surface area contributed by atoms with Crippen molar-refractivity contribution >= 4 is 51.8 Å². The molecular weight excluding hydrogens is 652 g/mol. The average molecular weight is 685 g/mol. The number of rotatable bonds is 9. The number of nitrogens with zero attached hydrogens (tertiary/aromatic N) is 2. The van der Waals surface area contributed by atoms with Crippen LogP contribution in [0.2, 0.25) is 5.02 Å². The molecule has 1 aliphatic heterocycles. The maximum absolute atomic E-state index is 13.7. The Kier molecular flexibility index (Phi) is 8.19. The number of amides is 2. The fourth-order valence-electron chi connectivity index (χ4n) is 7.94. The van der Waals surface area contributed by atoms with Crippen LogP contribution in [-0.2, 0) is 20.9 Å². The number of hydrogen-bond acceptors (Lipinski definition) is 7. The molecule has 0 N–H and O–H groups in total. The van der Waals surface area contributed by atoms with Crippen molar-refractivity contribution in [3.8, 4) is 17.0 Å². The number of imide groups is 1. The molecule has 0 spiro atoms. The van der Waals surface area contributed by atoms with Crippen LogP contribution in [0.1, 0.15) is 52.5 Å². The van der Waals surface area contributed by atoms with E-state index in [0.29, 0.717) is 62.6 Å². The van der Waals surface area contributed by atoms with Crippen LogP contribution in [0.3, 0.4) is 0 Å². The summed E-state index contributed by atoms with van der Waals surface area (Å²) in [5, 5.41) is 0.833. The first-order valence-corrected chi connectivity index (χ1v) is 17.2. The van der Waals surface area contributed by atoms with Crippen molar-refractivity contribution in [1.29, 1.82) is 0 Å². The normalized spacial score (nSPS) is 21.4. The van der Waals surface area contributed by atoms with E-state index < -0.39 is 12.1 Å². The number of esters is 1. The molecule has 5 unspecified atom stereocenters. The second-order valence-corrected chi connectivity index (χ2v) is 13.8.